The van der Waals surface area contributed by atoms with Crippen molar-refractivity contribution < 1.29 is 4.79 Å². The summed E-state index contributed by atoms with van der Waals surface area (Å²) in [6, 6.07) is 11.3. The quantitative estimate of drug-likeness (QED) is 0.590. The fraction of sp³-hybridized carbons (Fsp3) is 0.111. The molecule has 0 spiro atoms. The monoisotopic (exact) mass is 349 g/mol. The minimum atomic E-state index is -0.0888. The fourth-order valence-corrected chi connectivity index (χ4v) is 3.18. The Kier molecular flexibility index (Phi) is 3.99. The van der Waals surface area contributed by atoms with E-state index in [-0.39, 0.29) is 12.3 Å². The molecule has 0 saturated carbocycles. The summed E-state index contributed by atoms with van der Waals surface area (Å²) in [4.78, 5) is 28.6. The molecule has 1 amide bonds. The Labute approximate surface area is 148 Å². The second kappa shape index (κ2) is 6.45. The van der Waals surface area contributed by atoms with Gasteiger partial charge in [0, 0.05) is 17.3 Å². The predicted octanol–water partition coefficient (Wildman–Crippen LogP) is 3.57. The number of imidazole rings is 1. The molecule has 0 fully saturated rings. The van der Waals surface area contributed by atoms with Crippen molar-refractivity contribution in [2.45, 2.75) is 13.3 Å². The van der Waals surface area contributed by atoms with E-state index in [0.717, 1.165) is 33.1 Å². The smallest absolute Gasteiger partial charge is 0.230 e. The first kappa shape index (κ1) is 15.5. The summed E-state index contributed by atoms with van der Waals surface area (Å²) in [6.45, 7) is 1.93. The third-order valence-corrected chi connectivity index (χ3v) is 4.50. The number of hydrogen-bond donors (Lipinski definition) is 2. The van der Waals surface area contributed by atoms with Crippen molar-refractivity contribution in [3.8, 4) is 11.5 Å². The first-order chi connectivity index (χ1) is 12.2. The zero-order chi connectivity index (χ0) is 17.2. The molecule has 0 radical (unpaired) electrons. The summed E-state index contributed by atoms with van der Waals surface area (Å²) in [7, 11) is 0. The van der Waals surface area contributed by atoms with E-state index in [2.05, 4.69) is 25.3 Å². The molecule has 1 aromatic carbocycles. The molecule has 4 aromatic rings. The molecule has 7 heteroatoms. The molecular formula is C18H15N5OS. The van der Waals surface area contributed by atoms with E-state index in [0.29, 0.717) is 5.82 Å². The number of carbonyl (C=O) groups is 1. The molecule has 3 aromatic heterocycles. The lowest BCUT2D eigenvalue weighted by Gasteiger charge is -2.03. The second-order valence-corrected chi connectivity index (χ2v) is 6.68. The number of nitrogens with zero attached hydrogens (tertiary/aromatic N) is 3. The number of rotatable bonds is 4. The molecule has 0 aliphatic carbocycles. The maximum Gasteiger partial charge on any atom is 0.230 e. The third kappa shape index (κ3) is 3.41. The molecule has 6 nitrogen and oxygen atoms in total. The van der Waals surface area contributed by atoms with Crippen LogP contribution in [-0.2, 0) is 11.2 Å². The van der Waals surface area contributed by atoms with E-state index in [1.54, 1.807) is 17.5 Å². The van der Waals surface area contributed by atoms with E-state index >= 15 is 0 Å². The Balaban J connectivity index is 1.53. The van der Waals surface area contributed by atoms with Crippen molar-refractivity contribution in [1.29, 1.82) is 0 Å². The van der Waals surface area contributed by atoms with Gasteiger partial charge in [-0.1, -0.05) is 6.07 Å². The largest absolute Gasteiger partial charge is 0.337 e. The normalized spacial score (nSPS) is 10.9. The zero-order valence-electron chi connectivity index (χ0n) is 13.5. The van der Waals surface area contributed by atoms with Crippen molar-refractivity contribution in [2.75, 3.05) is 5.32 Å². The molecule has 0 bridgehead atoms. The zero-order valence-corrected chi connectivity index (χ0v) is 14.3. The first-order valence-corrected chi connectivity index (χ1v) is 8.67. The Hall–Kier alpha value is -3.06. The van der Waals surface area contributed by atoms with E-state index in [1.165, 1.54) is 0 Å². The van der Waals surface area contributed by atoms with Crippen LogP contribution in [0.4, 0.5) is 5.69 Å². The van der Waals surface area contributed by atoms with Crippen LogP contribution in [0, 0.1) is 6.92 Å². The maximum absolute atomic E-state index is 12.2. The summed E-state index contributed by atoms with van der Waals surface area (Å²) in [6.07, 6.45) is 2.00. The highest BCUT2D eigenvalue weighted by molar-refractivity contribution is 7.09. The number of amides is 1. The van der Waals surface area contributed by atoms with Crippen LogP contribution in [0.2, 0.25) is 0 Å². The molecule has 0 aliphatic rings. The number of thiazole rings is 1. The third-order valence-electron chi connectivity index (χ3n) is 3.68. The molecule has 0 unspecified atom stereocenters. The van der Waals surface area contributed by atoms with Crippen molar-refractivity contribution in [2.24, 2.45) is 0 Å². The maximum atomic E-state index is 12.2. The topological polar surface area (TPSA) is 83.6 Å². The summed E-state index contributed by atoms with van der Waals surface area (Å²) < 4.78 is 0. The van der Waals surface area contributed by atoms with Crippen molar-refractivity contribution in [3.63, 3.8) is 0 Å². The van der Waals surface area contributed by atoms with Gasteiger partial charge in [0.25, 0.3) is 0 Å². The number of aryl methyl sites for hydroxylation is 1. The van der Waals surface area contributed by atoms with Crippen LogP contribution in [0.25, 0.3) is 22.6 Å². The van der Waals surface area contributed by atoms with Gasteiger partial charge in [-0.2, -0.15) is 0 Å². The Morgan fingerprint density at radius 3 is 2.92 bits per heavy atom. The van der Waals surface area contributed by atoms with Crippen LogP contribution in [0.5, 0.6) is 0 Å². The van der Waals surface area contributed by atoms with E-state index in [1.807, 2.05) is 48.7 Å². The lowest BCUT2D eigenvalue weighted by atomic mass is 10.2. The number of benzene rings is 1. The first-order valence-electron chi connectivity index (χ1n) is 7.79. The van der Waals surface area contributed by atoms with Gasteiger partial charge in [-0.25, -0.2) is 9.97 Å². The minimum Gasteiger partial charge on any atom is -0.337 e. The highest BCUT2D eigenvalue weighted by Gasteiger charge is 2.10. The van der Waals surface area contributed by atoms with Gasteiger partial charge in [0.1, 0.15) is 5.69 Å². The lowest BCUT2D eigenvalue weighted by molar-refractivity contribution is -0.115. The number of aromatic amines is 1. The Morgan fingerprint density at radius 2 is 2.16 bits per heavy atom. The van der Waals surface area contributed by atoms with Gasteiger partial charge in [0.05, 0.1) is 28.2 Å². The average Bonchev–Trinajstić information content (AvgIpc) is 3.21. The molecule has 2 N–H and O–H groups in total. The number of aromatic nitrogens is 4. The molecule has 0 saturated heterocycles. The Morgan fingerprint density at radius 1 is 1.24 bits per heavy atom. The fourth-order valence-electron chi connectivity index (χ4n) is 2.57. The summed E-state index contributed by atoms with van der Waals surface area (Å²) in [5.74, 6) is 0.617. The van der Waals surface area contributed by atoms with Gasteiger partial charge < -0.3 is 10.3 Å². The van der Waals surface area contributed by atoms with Crippen LogP contribution in [0.15, 0.2) is 48.0 Å². The molecule has 124 valence electrons. The number of H-pyrrole nitrogens is 1. The number of anilines is 1. The lowest BCUT2D eigenvalue weighted by Crippen LogP contribution is -2.14. The van der Waals surface area contributed by atoms with Gasteiger partial charge in [0.15, 0.2) is 5.82 Å². The summed E-state index contributed by atoms with van der Waals surface area (Å²) in [5, 5.41) is 5.77. The molecule has 25 heavy (non-hydrogen) atoms. The number of pyridine rings is 1. The molecular weight excluding hydrogens is 334 g/mol. The Bertz CT molecular complexity index is 1040. The van der Waals surface area contributed by atoms with E-state index < -0.39 is 0 Å². The van der Waals surface area contributed by atoms with E-state index in [9.17, 15) is 4.79 Å². The predicted molar refractivity (Wildman–Crippen MR) is 98.5 cm³/mol. The molecule has 0 atom stereocenters. The number of fused-ring (bicyclic) bond motifs is 1. The van der Waals surface area contributed by atoms with E-state index in [4.69, 9.17) is 0 Å². The number of hydrogen-bond acceptors (Lipinski definition) is 5. The van der Waals surface area contributed by atoms with Crippen LogP contribution < -0.4 is 5.32 Å². The number of nitrogens with one attached hydrogen (secondary N) is 2. The molecule has 0 aliphatic heterocycles. The molecule has 4 rings (SSSR count). The average molecular weight is 349 g/mol. The van der Waals surface area contributed by atoms with Gasteiger partial charge in [-0.3, -0.25) is 9.78 Å². The van der Waals surface area contributed by atoms with Gasteiger partial charge >= 0.3 is 0 Å². The summed E-state index contributed by atoms with van der Waals surface area (Å²) >= 11 is 1.54. The van der Waals surface area contributed by atoms with Crippen molar-refractivity contribution >= 4 is 34.0 Å². The van der Waals surface area contributed by atoms with Crippen LogP contribution in [0.3, 0.4) is 0 Å². The second-order valence-electron chi connectivity index (χ2n) is 5.62. The highest BCUT2D eigenvalue weighted by atomic mass is 32.1. The van der Waals surface area contributed by atoms with Gasteiger partial charge in [0.2, 0.25) is 5.91 Å². The number of carbonyl (C=O) groups excluding carboxylic acids is 1. The van der Waals surface area contributed by atoms with Crippen LogP contribution in [0.1, 0.15) is 10.7 Å². The summed E-state index contributed by atoms with van der Waals surface area (Å²) in [5.41, 5.74) is 3.97. The highest BCUT2D eigenvalue weighted by Crippen LogP contribution is 2.21. The van der Waals surface area contributed by atoms with Crippen molar-refractivity contribution in [3.05, 3.63) is 58.7 Å². The van der Waals surface area contributed by atoms with Crippen LogP contribution in [-0.4, -0.2) is 25.8 Å². The van der Waals surface area contributed by atoms with Crippen LogP contribution >= 0.6 is 11.3 Å². The minimum absolute atomic E-state index is 0.0888. The van der Waals surface area contributed by atoms with Gasteiger partial charge in [-0.05, 0) is 37.3 Å². The standard InChI is InChI=1S/C18H15N5OS/c1-11-20-13(10-25-11)9-17(24)21-12-5-6-14-16(8-12)23-18(22-14)15-4-2-3-7-19-15/h2-8,10H,9H2,1H3,(H,21,24)(H,22,23). The van der Waals surface area contributed by atoms with Gasteiger partial charge in [-0.15, -0.1) is 11.3 Å². The van der Waals surface area contributed by atoms with Crippen molar-refractivity contribution in [1.82, 2.24) is 19.9 Å². The molecule has 3 heterocycles. The SMILES string of the molecule is Cc1nc(CC(=O)Nc2ccc3nc(-c4ccccn4)[nH]c3c2)cs1.